The number of aromatic nitrogens is 2. The van der Waals surface area contributed by atoms with Crippen LogP contribution in [0.5, 0.6) is 0 Å². The van der Waals surface area contributed by atoms with E-state index in [0.29, 0.717) is 17.7 Å². The van der Waals surface area contributed by atoms with Gasteiger partial charge in [-0.15, -0.1) is 0 Å². The topological polar surface area (TPSA) is 107 Å². The molecule has 5 unspecified atom stereocenters. The Bertz CT molecular complexity index is 1180. The number of hydrogen-bond donors (Lipinski definition) is 5. The van der Waals surface area contributed by atoms with Gasteiger partial charge >= 0.3 is 0 Å². The average molecular weight is 463 g/mol. The molecule has 1 saturated carbocycles. The van der Waals surface area contributed by atoms with E-state index in [1.54, 1.807) is 0 Å². The number of fused-ring (bicyclic) bond motifs is 4. The molecule has 6 rings (SSSR count). The number of anilines is 1. The average Bonchev–Trinajstić information content (AvgIpc) is 3.27. The van der Waals surface area contributed by atoms with Gasteiger partial charge in [-0.1, -0.05) is 36.3 Å². The molecular weight excluding hydrogens is 424 g/mol. The molecule has 182 valence electrons. The van der Waals surface area contributed by atoms with Gasteiger partial charge in [-0.05, 0) is 99.7 Å². The molecule has 0 aliphatic heterocycles. The molecule has 1 heterocycles. The normalized spacial score (nSPS) is 32.6. The molecule has 0 bridgehead atoms. The molecule has 0 spiro atoms. The maximum absolute atomic E-state index is 11.3. The van der Waals surface area contributed by atoms with Crippen LogP contribution in [0.2, 0.25) is 0 Å². The highest BCUT2D eigenvalue weighted by molar-refractivity contribution is 5.91. The van der Waals surface area contributed by atoms with E-state index in [0.717, 1.165) is 61.4 Å². The largest absolute Gasteiger partial charge is 0.393 e. The minimum atomic E-state index is -0.449. The summed E-state index contributed by atoms with van der Waals surface area (Å²) in [6.07, 6.45) is 10.7. The third-order valence-corrected chi connectivity index (χ3v) is 8.56. The maximum Gasteiger partial charge on any atom is 0.153 e. The highest BCUT2D eigenvalue weighted by Gasteiger charge is 2.49. The van der Waals surface area contributed by atoms with E-state index in [1.165, 1.54) is 22.3 Å². The Morgan fingerprint density at radius 2 is 1.97 bits per heavy atom. The first-order chi connectivity index (χ1) is 16.4. The van der Waals surface area contributed by atoms with Crippen molar-refractivity contribution in [2.45, 2.75) is 64.1 Å². The standard InChI is InChI=1S/C26H31N3O2.C2H7N/c1-26-13-24(31)20-11-16-10-17(30)5-2-14(16)3-6-18(20)22(26)9-8-21(26)15-4-7-19-23(12-15)28-29-25(19)27;1-3-2/h4,7-8,11-12,14,17,22,24,30-31H,2-3,5-6,9-10,13H2,1H3,(H3,27,28,29);3H,1-2H3. The number of aromatic amines is 1. The maximum atomic E-state index is 11.3. The molecule has 0 amide bonds. The summed E-state index contributed by atoms with van der Waals surface area (Å²) in [5, 5.41) is 32.4. The molecule has 4 aliphatic rings. The van der Waals surface area contributed by atoms with E-state index in [-0.39, 0.29) is 11.5 Å². The fourth-order valence-electron chi connectivity index (χ4n) is 6.94. The molecule has 6 heteroatoms. The van der Waals surface area contributed by atoms with Crippen LogP contribution in [-0.2, 0) is 0 Å². The van der Waals surface area contributed by atoms with Gasteiger partial charge in [0.15, 0.2) is 5.82 Å². The summed E-state index contributed by atoms with van der Waals surface area (Å²) in [7, 11) is 3.75. The number of benzene rings is 1. The van der Waals surface area contributed by atoms with Gasteiger partial charge in [-0.2, -0.15) is 5.10 Å². The van der Waals surface area contributed by atoms with Crippen LogP contribution >= 0.6 is 0 Å². The number of H-pyrrole nitrogens is 1. The fourth-order valence-corrected chi connectivity index (χ4v) is 6.94. The third kappa shape index (κ3) is 3.82. The van der Waals surface area contributed by atoms with E-state index in [2.05, 4.69) is 52.8 Å². The Balaban J connectivity index is 0.000000764. The van der Waals surface area contributed by atoms with Crippen molar-refractivity contribution in [1.29, 1.82) is 0 Å². The van der Waals surface area contributed by atoms with Gasteiger partial charge in [-0.25, -0.2) is 0 Å². The summed E-state index contributed by atoms with van der Waals surface area (Å²) in [5.41, 5.74) is 13.3. The minimum Gasteiger partial charge on any atom is -0.393 e. The molecule has 1 aromatic heterocycles. The second kappa shape index (κ2) is 8.99. The Morgan fingerprint density at radius 1 is 1.18 bits per heavy atom. The third-order valence-electron chi connectivity index (χ3n) is 8.56. The van der Waals surface area contributed by atoms with Crippen LogP contribution in [0.3, 0.4) is 0 Å². The first kappa shape index (κ1) is 23.3. The van der Waals surface area contributed by atoms with Crippen LogP contribution < -0.4 is 11.1 Å². The zero-order valence-electron chi connectivity index (χ0n) is 20.6. The van der Waals surface area contributed by atoms with Crippen LogP contribution in [0.15, 0.2) is 47.1 Å². The molecule has 34 heavy (non-hydrogen) atoms. The summed E-state index contributed by atoms with van der Waals surface area (Å²) in [6.45, 7) is 2.34. The molecule has 4 aliphatic carbocycles. The van der Waals surface area contributed by atoms with Gasteiger partial charge in [0, 0.05) is 10.8 Å². The number of aliphatic hydroxyl groups excluding tert-OH is 2. The number of allylic oxidation sites excluding steroid dienone is 3. The number of nitrogens with two attached hydrogens (primary N) is 1. The van der Waals surface area contributed by atoms with Gasteiger partial charge in [0.1, 0.15) is 0 Å². The van der Waals surface area contributed by atoms with Gasteiger partial charge in [0.25, 0.3) is 0 Å². The summed E-state index contributed by atoms with van der Waals surface area (Å²) in [5.74, 6) is 1.53. The SMILES string of the molecule is CC12CC(O)C3=C(CCC4CCC(O)CC4=C3)C1CC=C2c1ccc2c(N)n[nH]c2c1.CNC. The fraction of sp³-hybridized carbons (Fsp3) is 0.536. The highest BCUT2D eigenvalue weighted by Crippen LogP contribution is 2.59. The predicted octanol–water partition coefficient (Wildman–Crippen LogP) is 4.33. The van der Waals surface area contributed by atoms with Crippen LogP contribution in [0, 0.1) is 17.3 Å². The quantitative estimate of drug-likeness (QED) is 0.434. The number of nitrogens with zero attached hydrogens (tertiary/aromatic N) is 1. The summed E-state index contributed by atoms with van der Waals surface area (Å²) in [6, 6.07) is 6.35. The van der Waals surface area contributed by atoms with Crippen LogP contribution in [0.4, 0.5) is 5.82 Å². The molecule has 6 N–H and O–H groups in total. The molecule has 6 nitrogen and oxygen atoms in total. The smallest absolute Gasteiger partial charge is 0.153 e. The van der Waals surface area contributed by atoms with E-state index < -0.39 is 6.10 Å². The number of nitrogen functional groups attached to an aromatic ring is 1. The first-order valence-electron chi connectivity index (χ1n) is 12.7. The van der Waals surface area contributed by atoms with Crippen LogP contribution in [0.1, 0.15) is 57.4 Å². The molecule has 5 atom stereocenters. The van der Waals surface area contributed by atoms with Crippen molar-refractivity contribution in [2.75, 3.05) is 19.8 Å². The van der Waals surface area contributed by atoms with Crippen molar-refractivity contribution in [2.24, 2.45) is 17.3 Å². The number of aliphatic hydroxyl groups is 2. The second-order valence-corrected chi connectivity index (χ2v) is 10.8. The van der Waals surface area contributed by atoms with Crippen molar-refractivity contribution >= 4 is 22.3 Å². The lowest BCUT2D eigenvalue weighted by Crippen LogP contribution is -2.37. The summed E-state index contributed by atoms with van der Waals surface area (Å²) in [4.78, 5) is 0. The molecule has 0 saturated heterocycles. The van der Waals surface area contributed by atoms with E-state index >= 15 is 0 Å². The number of rotatable bonds is 1. The molecule has 2 aromatic rings. The molecule has 0 radical (unpaired) electrons. The van der Waals surface area contributed by atoms with E-state index in [9.17, 15) is 10.2 Å². The van der Waals surface area contributed by atoms with Crippen molar-refractivity contribution < 1.29 is 10.2 Å². The van der Waals surface area contributed by atoms with Crippen molar-refractivity contribution in [3.63, 3.8) is 0 Å². The Hall–Kier alpha value is -2.41. The Morgan fingerprint density at radius 3 is 2.76 bits per heavy atom. The Kier molecular flexibility index (Phi) is 6.17. The number of nitrogens with one attached hydrogen (secondary N) is 2. The van der Waals surface area contributed by atoms with Crippen molar-refractivity contribution in [1.82, 2.24) is 15.5 Å². The van der Waals surface area contributed by atoms with Gasteiger partial charge in [0.2, 0.25) is 0 Å². The number of hydrogen-bond acceptors (Lipinski definition) is 5. The second-order valence-electron chi connectivity index (χ2n) is 10.8. The monoisotopic (exact) mass is 462 g/mol. The Labute approximate surface area is 202 Å². The highest BCUT2D eigenvalue weighted by atomic mass is 16.3. The van der Waals surface area contributed by atoms with Gasteiger partial charge < -0.3 is 21.3 Å². The minimum absolute atomic E-state index is 0.0783. The molecular formula is C28H38N4O2. The zero-order chi connectivity index (χ0) is 24.0. The van der Waals surface area contributed by atoms with Crippen molar-refractivity contribution in [3.8, 4) is 0 Å². The molecule has 1 aromatic carbocycles. The van der Waals surface area contributed by atoms with Crippen molar-refractivity contribution in [3.05, 3.63) is 52.6 Å². The summed E-state index contributed by atoms with van der Waals surface area (Å²) < 4.78 is 0. The van der Waals surface area contributed by atoms with Gasteiger partial charge in [0.05, 0.1) is 17.7 Å². The lowest BCUT2D eigenvalue weighted by Gasteiger charge is -2.43. The van der Waals surface area contributed by atoms with Crippen LogP contribution in [0.25, 0.3) is 16.5 Å². The zero-order valence-corrected chi connectivity index (χ0v) is 20.6. The molecule has 1 fully saturated rings. The predicted molar refractivity (Wildman–Crippen MR) is 138 cm³/mol. The van der Waals surface area contributed by atoms with Gasteiger partial charge in [-0.3, -0.25) is 5.10 Å². The van der Waals surface area contributed by atoms with E-state index in [4.69, 9.17) is 5.73 Å². The lowest BCUT2D eigenvalue weighted by molar-refractivity contribution is 0.124. The van der Waals surface area contributed by atoms with Crippen LogP contribution in [-0.4, -0.2) is 46.7 Å². The van der Waals surface area contributed by atoms with E-state index in [1.807, 2.05) is 14.1 Å². The first-order valence-corrected chi connectivity index (χ1v) is 12.7. The lowest BCUT2D eigenvalue weighted by atomic mass is 9.61. The summed E-state index contributed by atoms with van der Waals surface area (Å²) >= 11 is 0.